The lowest BCUT2D eigenvalue weighted by Gasteiger charge is -2.19. The molecule has 0 bridgehead atoms. The first-order chi connectivity index (χ1) is 26.9. The van der Waals surface area contributed by atoms with E-state index in [1.807, 2.05) is 18.2 Å². The van der Waals surface area contributed by atoms with E-state index in [0.29, 0.717) is 32.1 Å². The van der Waals surface area contributed by atoms with Gasteiger partial charge in [0.15, 0.2) is 6.10 Å². The highest BCUT2D eigenvalue weighted by atomic mass is 31.2. The molecule has 11 nitrogen and oxygen atoms in total. The molecule has 328 valence electrons. The Bertz CT molecular complexity index is 1090. The average Bonchev–Trinajstić information content (AvgIpc) is 3.43. The minimum Gasteiger partial charge on any atom is -0.462 e. The van der Waals surface area contributed by atoms with E-state index in [-0.39, 0.29) is 37.7 Å². The molecule has 5 N–H and O–H groups in total. The number of phosphoric ester groups is 1. The molecule has 0 spiro atoms. The molecule has 0 amide bonds. The zero-order chi connectivity index (χ0) is 41.4. The topological polar surface area (TPSA) is 180 Å². The first-order valence-electron chi connectivity index (χ1n) is 22.3. The Balaban J connectivity index is 2.25. The van der Waals surface area contributed by atoms with Gasteiger partial charge in [-0.15, -0.1) is 0 Å². The highest BCUT2D eigenvalue weighted by Gasteiger charge is 2.39. The molecule has 0 radical (unpaired) electrons. The predicted molar refractivity (Wildman–Crippen MR) is 223 cm³/mol. The third-order valence-electron chi connectivity index (χ3n) is 11.1. The van der Waals surface area contributed by atoms with Crippen molar-refractivity contribution in [2.45, 2.75) is 212 Å². The van der Waals surface area contributed by atoms with Crippen LogP contribution in [-0.2, 0) is 28.2 Å². The summed E-state index contributed by atoms with van der Waals surface area (Å²) in [7, 11) is -4.82. The van der Waals surface area contributed by atoms with Crippen LogP contribution < -0.4 is 0 Å². The average molecular weight is 817 g/mol. The fraction of sp³-hybridized carbons (Fsp3) is 0.864. The van der Waals surface area contributed by atoms with Crippen molar-refractivity contribution < 1.29 is 53.3 Å². The molecule has 0 heterocycles. The first kappa shape index (κ1) is 52.4. The van der Waals surface area contributed by atoms with E-state index in [1.54, 1.807) is 6.08 Å². The molecule has 1 unspecified atom stereocenters. The summed E-state index contributed by atoms with van der Waals surface area (Å²) < 4.78 is 26.4. The van der Waals surface area contributed by atoms with Gasteiger partial charge in [-0.3, -0.25) is 14.1 Å². The molecule has 0 aliphatic heterocycles. The lowest BCUT2D eigenvalue weighted by atomic mass is 9.89. The van der Waals surface area contributed by atoms with E-state index in [0.717, 1.165) is 44.4 Å². The molecule has 1 aliphatic carbocycles. The van der Waals surface area contributed by atoms with Crippen LogP contribution in [0.2, 0.25) is 0 Å². The number of hydrogen-bond donors (Lipinski definition) is 5. The Kier molecular flexibility index (Phi) is 31.1. The standard InChI is InChI=1S/C44H81O11P/c1-4-6-21-27-37(45)31-32-40-39(41(46)33-42(40)47)28-23-19-20-25-30-44(49)55-38(35-54-56(50,51)52)34-53-43(48)29-24-18-16-14-12-10-8-7-9-11-13-15-17-22-26-36(3)5-2/h19,23,31-32,36-42,45-47H,4-18,20-22,24-30,33-35H2,1-3H3,(H2,50,51,52)/b23-19+,32-31+/t36?,37-,38+,39+,40+,41-,42+/m0/s1. The predicted octanol–water partition coefficient (Wildman–Crippen LogP) is 9.81. The van der Waals surface area contributed by atoms with Gasteiger partial charge in [-0.05, 0) is 43.9 Å². The lowest BCUT2D eigenvalue weighted by Crippen LogP contribution is -2.29. The Labute approximate surface area is 339 Å². The molecule has 56 heavy (non-hydrogen) atoms. The van der Waals surface area contributed by atoms with Crippen molar-refractivity contribution in [2.24, 2.45) is 17.8 Å². The van der Waals surface area contributed by atoms with E-state index in [4.69, 9.17) is 19.3 Å². The molecule has 7 atom stereocenters. The van der Waals surface area contributed by atoms with Crippen LogP contribution in [0.3, 0.4) is 0 Å². The number of unbranched alkanes of at least 4 members (excludes halogenated alkanes) is 16. The smallest absolute Gasteiger partial charge is 0.462 e. The number of phosphoric acid groups is 1. The van der Waals surface area contributed by atoms with Gasteiger partial charge >= 0.3 is 19.8 Å². The lowest BCUT2D eigenvalue weighted by molar-refractivity contribution is -0.161. The maximum atomic E-state index is 12.5. The van der Waals surface area contributed by atoms with E-state index in [9.17, 15) is 29.5 Å². The molecule has 0 saturated heterocycles. The van der Waals surface area contributed by atoms with E-state index in [1.165, 1.54) is 77.0 Å². The quantitative estimate of drug-likeness (QED) is 0.0176. The summed E-state index contributed by atoms with van der Waals surface area (Å²) in [5, 5.41) is 31.2. The van der Waals surface area contributed by atoms with Gasteiger partial charge in [0.2, 0.25) is 0 Å². The monoisotopic (exact) mass is 817 g/mol. The molecule has 1 fully saturated rings. The largest absolute Gasteiger partial charge is 0.469 e. The van der Waals surface area contributed by atoms with Crippen molar-refractivity contribution in [3.8, 4) is 0 Å². The summed E-state index contributed by atoms with van der Waals surface area (Å²) in [6, 6.07) is 0. The van der Waals surface area contributed by atoms with Gasteiger partial charge in [-0.25, -0.2) is 4.57 Å². The number of carbonyl (C=O) groups excluding carboxylic acids is 2. The van der Waals surface area contributed by atoms with Crippen LogP contribution in [0.5, 0.6) is 0 Å². The van der Waals surface area contributed by atoms with Crippen LogP contribution in [0.4, 0.5) is 0 Å². The second kappa shape index (κ2) is 33.3. The maximum absolute atomic E-state index is 12.5. The van der Waals surface area contributed by atoms with E-state index < -0.39 is 50.8 Å². The van der Waals surface area contributed by atoms with Gasteiger partial charge in [-0.1, -0.05) is 161 Å². The Morgan fingerprint density at radius 1 is 0.732 bits per heavy atom. The van der Waals surface area contributed by atoms with Gasteiger partial charge in [-0.2, -0.15) is 0 Å². The van der Waals surface area contributed by atoms with Crippen LogP contribution in [-0.4, -0.2) is 74.7 Å². The summed E-state index contributed by atoms with van der Waals surface area (Å²) in [4.78, 5) is 43.1. The van der Waals surface area contributed by atoms with Crippen molar-refractivity contribution in [3.63, 3.8) is 0 Å². The van der Waals surface area contributed by atoms with Gasteiger partial charge in [0, 0.05) is 25.2 Å². The zero-order valence-electron chi connectivity index (χ0n) is 35.3. The number of aliphatic hydroxyl groups is 3. The Hall–Kier alpha value is -1.59. The highest BCUT2D eigenvalue weighted by Crippen LogP contribution is 2.37. The molecule has 0 aromatic carbocycles. The number of hydrogen-bond acceptors (Lipinski definition) is 9. The number of rotatable bonds is 36. The minimum absolute atomic E-state index is 0.0372. The number of esters is 2. The van der Waals surface area contributed by atoms with Crippen LogP contribution in [0.15, 0.2) is 24.3 Å². The SMILES string of the molecule is CCCCC[C@H](O)/C=C/[C@@H]1[C@@H](C/C=C/CCCC(=O)O[C@H](COC(=O)CCCCCCCCCCCCCCCCC(C)CC)COP(=O)(O)O)[C@@H](O)C[C@H]1O. The molecule has 1 aliphatic rings. The number of aliphatic hydroxyl groups excluding tert-OH is 3. The van der Waals surface area contributed by atoms with Crippen molar-refractivity contribution in [3.05, 3.63) is 24.3 Å². The summed E-state index contributed by atoms with van der Waals surface area (Å²) in [6.45, 7) is 5.76. The second-order valence-electron chi connectivity index (χ2n) is 16.2. The molecule has 12 heteroatoms. The Morgan fingerprint density at radius 2 is 1.30 bits per heavy atom. The number of allylic oxidation sites excluding steroid dienone is 2. The highest BCUT2D eigenvalue weighted by molar-refractivity contribution is 7.46. The van der Waals surface area contributed by atoms with Crippen molar-refractivity contribution in [1.29, 1.82) is 0 Å². The molecule has 1 rings (SSSR count). The molecule has 1 saturated carbocycles. The normalized spacial score (nSPS) is 20.5. The molecular weight excluding hydrogens is 735 g/mol. The van der Waals surface area contributed by atoms with Gasteiger partial charge in [0.25, 0.3) is 0 Å². The third kappa shape index (κ3) is 28.8. The van der Waals surface area contributed by atoms with Crippen molar-refractivity contribution >= 4 is 19.8 Å². The van der Waals surface area contributed by atoms with Gasteiger partial charge < -0.3 is 34.6 Å². The van der Waals surface area contributed by atoms with Crippen LogP contribution in [0.25, 0.3) is 0 Å². The van der Waals surface area contributed by atoms with Crippen molar-refractivity contribution in [1.82, 2.24) is 0 Å². The fourth-order valence-corrected chi connectivity index (χ4v) is 7.65. The Morgan fingerprint density at radius 3 is 1.89 bits per heavy atom. The summed E-state index contributed by atoms with van der Waals surface area (Å²) in [5.41, 5.74) is 0. The summed E-state index contributed by atoms with van der Waals surface area (Å²) in [5.74, 6) is -0.622. The molecular formula is C44H81O11P. The molecule has 0 aromatic rings. The first-order valence-corrected chi connectivity index (χ1v) is 23.8. The summed E-state index contributed by atoms with van der Waals surface area (Å²) in [6.07, 6.45) is 29.9. The zero-order valence-corrected chi connectivity index (χ0v) is 36.2. The van der Waals surface area contributed by atoms with Crippen LogP contribution in [0, 0.1) is 17.8 Å². The minimum atomic E-state index is -4.82. The fourth-order valence-electron chi connectivity index (χ4n) is 7.28. The number of ether oxygens (including phenoxy) is 2. The van der Waals surface area contributed by atoms with Gasteiger partial charge in [0.05, 0.1) is 24.9 Å². The third-order valence-corrected chi connectivity index (χ3v) is 11.6. The van der Waals surface area contributed by atoms with Gasteiger partial charge in [0.1, 0.15) is 6.61 Å². The van der Waals surface area contributed by atoms with E-state index >= 15 is 0 Å². The number of carbonyl (C=O) groups is 2. The molecule has 0 aromatic heterocycles. The van der Waals surface area contributed by atoms with E-state index in [2.05, 4.69) is 25.3 Å². The van der Waals surface area contributed by atoms with Crippen LogP contribution >= 0.6 is 7.82 Å². The second-order valence-corrected chi connectivity index (χ2v) is 17.5. The summed E-state index contributed by atoms with van der Waals surface area (Å²) >= 11 is 0. The van der Waals surface area contributed by atoms with Crippen LogP contribution in [0.1, 0.15) is 188 Å². The maximum Gasteiger partial charge on any atom is 0.469 e. The van der Waals surface area contributed by atoms with Crippen molar-refractivity contribution in [2.75, 3.05) is 13.2 Å².